The molecule has 1 aromatic heterocycles. The van der Waals surface area contributed by atoms with Gasteiger partial charge in [0.05, 0.1) is 12.1 Å². The number of halogens is 1. The van der Waals surface area contributed by atoms with Gasteiger partial charge in [0, 0.05) is 57.5 Å². The number of hydrogen-bond donors (Lipinski definition) is 3. The SMILES string of the molecule is CC(=O)N[C@@H](Cc1cc(F)cc(N(C)C)c1)[C@H](O)CN[C@H]1CC2(CCC2)Oc2ncc(CC(C)(C)C)cc21. The van der Waals surface area contributed by atoms with Crippen LogP contribution in [0, 0.1) is 11.2 Å². The Kier molecular flexibility index (Phi) is 8.33. The molecule has 1 aliphatic carbocycles. The summed E-state index contributed by atoms with van der Waals surface area (Å²) in [5.41, 5.74) is 3.57. The second-order valence-corrected chi connectivity index (χ2v) is 12.6. The molecule has 0 saturated heterocycles. The van der Waals surface area contributed by atoms with Crippen LogP contribution in [0.3, 0.4) is 0 Å². The molecule has 1 fully saturated rings. The molecule has 0 bridgehead atoms. The summed E-state index contributed by atoms with van der Waals surface area (Å²) in [7, 11) is 3.70. The minimum Gasteiger partial charge on any atom is -0.471 e. The molecule has 1 saturated carbocycles. The van der Waals surface area contributed by atoms with E-state index in [1.165, 1.54) is 19.1 Å². The number of benzene rings is 1. The van der Waals surface area contributed by atoms with Crippen molar-refractivity contribution in [2.75, 3.05) is 25.5 Å². The van der Waals surface area contributed by atoms with Crippen LogP contribution in [0.2, 0.25) is 0 Å². The molecule has 4 rings (SSSR count). The van der Waals surface area contributed by atoms with Crippen molar-refractivity contribution in [3.8, 4) is 5.88 Å². The first-order valence-electron chi connectivity index (χ1n) is 13.7. The summed E-state index contributed by atoms with van der Waals surface area (Å²) in [5.74, 6) is 0.0951. The Balaban J connectivity index is 1.51. The van der Waals surface area contributed by atoms with Gasteiger partial charge >= 0.3 is 0 Å². The van der Waals surface area contributed by atoms with Crippen LogP contribution >= 0.6 is 0 Å². The molecule has 3 N–H and O–H groups in total. The third-order valence-electron chi connectivity index (χ3n) is 7.54. The lowest BCUT2D eigenvalue weighted by Gasteiger charge is -2.47. The number of nitrogens with zero attached hydrogens (tertiary/aromatic N) is 2. The zero-order valence-electron chi connectivity index (χ0n) is 23.6. The fourth-order valence-corrected chi connectivity index (χ4v) is 5.56. The molecule has 208 valence electrons. The quantitative estimate of drug-likeness (QED) is 0.451. The summed E-state index contributed by atoms with van der Waals surface area (Å²) in [6.45, 7) is 8.33. The maximum absolute atomic E-state index is 14.3. The minimum atomic E-state index is -0.876. The molecular formula is C30H43FN4O3. The summed E-state index contributed by atoms with van der Waals surface area (Å²) in [6.07, 6.45) is 6.21. The highest BCUT2D eigenvalue weighted by Crippen LogP contribution is 2.48. The topological polar surface area (TPSA) is 86.7 Å². The Bertz CT molecular complexity index is 1140. The molecular weight excluding hydrogens is 483 g/mol. The number of anilines is 1. The minimum absolute atomic E-state index is 0.0198. The lowest BCUT2D eigenvalue weighted by molar-refractivity contribution is -0.120. The monoisotopic (exact) mass is 526 g/mol. The van der Waals surface area contributed by atoms with Crippen molar-refractivity contribution in [3.05, 3.63) is 53.0 Å². The average molecular weight is 527 g/mol. The molecule has 7 nitrogen and oxygen atoms in total. The van der Waals surface area contributed by atoms with E-state index < -0.39 is 12.1 Å². The van der Waals surface area contributed by atoms with E-state index in [2.05, 4.69) is 37.5 Å². The number of aromatic nitrogens is 1. The Labute approximate surface area is 226 Å². The first-order valence-corrected chi connectivity index (χ1v) is 13.7. The molecule has 8 heteroatoms. The van der Waals surface area contributed by atoms with Gasteiger partial charge in [-0.15, -0.1) is 0 Å². The van der Waals surface area contributed by atoms with Gasteiger partial charge in [-0.05, 0) is 72.9 Å². The van der Waals surface area contributed by atoms with Crippen LogP contribution in [0.15, 0.2) is 30.5 Å². The maximum atomic E-state index is 14.3. The van der Waals surface area contributed by atoms with Crippen molar-refractivity contribution in [1.82, 2.24) is 15.6 Å². The van der Waals surface area contributed by atoms with Crippen molar-refractivity contribution in [2.45, 2.75) is 90.0 Å². The Morgan fingerprint density at radius 3 is 2.58 bits per heavy atom. The van der Waals surface area contributed by atoms with Crippen LogP contribution < -0.4 is 20.3 Å². The number of pyridine rings is 1. The van der Waals surface area contributed by atoms with Gasteiger partial charge in [-0.25, -0.2) is 9.37 Å². The highest BCUT2D eigenvalue weighted by molar-refractivity contribution is 5.73. The normalized spacial score (nSPS) is 19.6. The number of carbonyl (C=O) groups is 1. The fourth-order valence-electron chi connectivity index (χ4n) is 5.56. The van der Waals surface area contributed by atoms with E-state index >= 15 is 0 Å². The first kappa shape index (κ1) is 28.3. The predicted molar refractivity (Wildman–Crippen MR) is 148 cm³/mol. The molecule has 3 atom stereocenters. The van der Waals surface area contributed by atoms with E-state index in [-0.39, 0.29) is 35.3 Å². The highest BCUT2D eigenvalue weighted by Gasteiger charge is 2.46. The van der Waals surface area contributed by atoms with Crippen LogP contribution in [-0.2, 0) is 17.6 Å². The number of ether oxygens (including phenoxy) is 1. The zero-order valence-corrected chi connectivity index (χ0v) is 23.6. The lowest BCUT2D eigenvalue weighted by atomic mass is 9.73. The van der Waals surface area contributed by atoms with E-state index in [0.717, 1.165) is 48.9 Å². The first-order chi connectivity index (χ1) is 17.8. The Morgan fingerprint density at radius 2 is 1.97 bits per heavy atom. The van der Waals surface area contributed by atoms with Crippen molar-refractivity contribution in [3.63, 3.8) is 0 Å². The fraction of sp³-hybridized carbons (Fsp3) is 0.600. The maximum Gasteiger partial charge on any atom is 0.218 e. The van der Waals surface area contributed by atoms with E-state index in [1.807, 2.05) is 31.3 Å². The number of amides is 1. The summed E-state index contributed by atoms with van der Waals surface area (Å²) in [6, 6.07) is 6.40. The molecule has 1 spiro atoms. The van der Waals surface area contributed by atoms with E-state index in [9.17, 15) is 14.3 Å². The molecule has 0 radical (unpaired) electrons. The molecule has 38 heavy (non-hydrogen) atoms. The average Bonchev–Trinajstić information content (AvgIpc) is 2.79. The number of carbonyl (C=O) groups excluding carboxylic acids is 1. The smallest absolute Gasteiger partial charge is 0.218 e. The number of hydrogen-bond acceptors (Lipinski definition) is 6. The van der Waals surface area contributed by atoms with Crippen molar-refractivity contribution in [2.24, 2.45) is 5.41 Å². The Morgan fingerprint density at radius 1 is 1.24 bits per heavy atom. The van der Waals surface area contributed by atoms with Gasteiger partial charge < -0.3 is 25.4 Å². The van der Waals surface area contributed by atoms with E-state index in [0.29, 0.717) is 17.9 Å². The second kappa shape index (κ2) is 11.2. The van der Waals surface area contributed by atoms with Crippen molar-refractivity contribution >= 4 is 11.6 Å². The number of aliphatic hydroxyl groups excluding tert-OH is 1. The predicted octanol–water partition coefficient (Wildman–Crippen LogP) is 4.32. The van der Waals surface area contributed by atoms with Gasteiger partial charge in [-0.2, -0.15) is 0 Å². The largest absolute Gasteiger partial charge is 0.471 e. The molecule has 1 amide bonds. The van der Waals surface area contributed by atoms with Gasteiger partial charge in [-0.1, -0.05) is 20.8 Å². The standard InChI is InChI=1S/C30H43FN4O3/c1-19(36)34-25(13-20-10-22(31)14-23(11-20)35(5)6)27(37)18-32-26-16-30(8-7-9-30)38-28-24(26)12-21(17-33-28)15-29(2,3)4/h10-12,14,17,25-27,32,37H,7-9,13,15-16,18H2,1-6H3,(H,34,36)/t25-,26-,27+/m0/s1. The molecule has 2 aromatic rings. The molecule has 2 heterocycles. The van der Waals surface area contributed by atoms with Gasteiger partial charge in [0.2, 0.25) is 11.8 Å². The summed E-state index contributed by atoms with van der Waals surface area (Å²) in [4.78, 5) is 18.5. The van der Waals surface area contributed by atoms with Crippen LogP contribution in [0.1, 0.15) is 76.1 Å². The molecule has 1 aromatic carbocycles. The van der Waals surface area contributed by atoms with Crippen LogP contribution in [0.5, 0.6) is 5.88 Å². The van der Waals surface area contributed by atoms with Gasteiger partial charge in [0.25, 0.3) is 0 Å². The zero-order chi connectivity index (χ0) is 27.7. The molecule has 1 aliphatic heterocycles. The van der Waals surface area contributed by atoms with Crippen LogP contribution in [-0.4, -0.2) is 54.4 Å². The van der Waals surface area contributed by atoms with Gasteiger partial charge in [0.15, 0.2) is 0 Å². The van der Waals surface area contributed by atoms with Crippen LogP contribution in [0.4, 0.5) is 10.1 Å². The van der Waals surface area contributed by atoms with Crippen molar-refractivity contribution < 1.29 is 19.0 Å². The van der Waals surface area contributed by atoms with Crippen molar-refractivity contribution in [1.29, 1.82) is 0 Å². The van der Waals surface area contributed by atoms with E-state index in [4.69, 9.17) is 9.72 Å². The van der Waals surface area contributed by atoms with Gasteiger partial charge in [0.1, 0.15) is 11.4 Å². The second-order valence-electron chi connectivity index (χ2n) is 12.6. The van der Waals surface area contributed by atoms with Crippen LogP contribution in [0.25, 0.3) is 0 Å². The number of rotatable bonds is 9. The summed E-state index contributed by atoms with van der Waals surface area (Å²) in [5, 5.41) is 17.7. The third-order valence-corrected chi connectivity index (χ3v) is 7.54. The molecule has 2 aliphatic rings. The van der Waals surface area contributed by atoms with Gasteiger partial charge in [-0.3, -0.25) is 4.79 Å². The molecule has 0 unspecified atom stereocenters. The highest BCUT2D eigenvalue weighted by atomic mass is 19.1. The number of fused-ring (bicyclic) bond motifs is 1. The Hall–Kier alpha value is -2.71. The summed E-state index contributed by atoms with van der Waals surface area (Å²) >= 11 is 0. The third kappa shape index (κ3) is 7.03. The lowest BCUT2D eigenvalue weighted by Crippen LogP contribution is -2.52. The number of nitrogens with one attached hydrogen (secondary N) is 2. The number of aliphatic hydroxyl groups is 1. The van der Waals surface area contributed by atoms with E-state index in [1.54, 1.807) is 0 Å². The summed E-state index contributed by atoms with van der Waals surface area (Å²) < 4.78 is 20.7.